The Hall–Kier alpha value is -0.240. The van der Waals surface area contributed by atoms with Crippen LogP contribution in [0.15, 0.2) is 0 Å². The summed E-state index contributed by atoms with van der Waals surface area (Å²) in [7, 11) is 0. The number of aliphatic hydroxyl groups excluding tert-OH is 5. The number of rotatable bonds is 2. The second-order valence-corrected chi connectivity index (χ2v) is 3.22. The molecule has 0 amide bonds. The molecule has 1 saturated heterocycles. The van der Waals surface area contributed by atoms with Crippen LogP contribution in [0.1, 0.15) is 0 Å². The molecule has 0 radical (unpaired) electrons. The highest BCUT2D eigenvalue weighted by Crippen LogP contribution is 2.14. The Kier molecular flexibility index (Phi) is 3.60. The van der Waals surface area contributed by atoms with E-state index in [-0.39, 0.29) is 13.2 Å². The summed E-state index contributed by atoms with van der Waals surface area (Å²) in [6.07, 6.45) is -3.78. The molecule has 0 spiro atoms. The molecule has 0 bridgehead atoms. The molecule has 6 N–H and O–H groups in total. The Morgan fingerprint density at radius 3 is 1.46 bits per heavy atom. The fourth-order valence-corrected chi connectivity index (χ4v) is 1.47. The molecule has 0 aromatic rings. The molecule has 0 aromatic carbocycles. The predicted molar refractivity (Wildman–Crippen MR) is 42.9 cm³/mol. The lowest BCUT2D eigenvalue weighted by Crippen LogP contribution is -2.66. The summed E-state index contributed by atoms with van der Waals surface area (Å²) in [5, 5.41) is 48.1. The largest absolute Gasteiger partial charge is 0.395 e. The maximum atomic E-state index is 9.31. The van der Waals surface area contributed by atoms with Gasteiger partial charge in [0.25, 0.3) is 0 Å². The van der Waals surface area contributed by atoms with Gasteiger partial charge in [0.1, 0.15) is 6.10 Å². The van der Waals surface area contributed by atoms with Gasteiger partial charge in [-0.2, -0.15) is 0 Å². The van der Waals surface area contributed by atoms with Gasteiger partial charge in [-0.05, 0) is 0 Å². The van der Waals surface area contributed by atoms with Gasteiger partial charge in [0.2, 0.25) is 0 Å². The van der Waals surface area contributed by atoms with Gasteiger partial charge < -0.3 is 30.8 Å². The van der Waals surface area contributed by atoms with Gasteiger partial charge in [-0.1, -0.05) is 0 Å². The van der Waals surface area contributed by atoms with Crippen LogP contribution in [-0.2, 0) is 0 Å². The van der Waals surface area contributed by atoms with Crippen LogP contribution in [0.5, 0.6) is 0 Å². The topological polar surface area (TPSA) is 113 Å². The fourth-order valence-electron chi connectivity index (χ4n) is 1.47. The van der Waals surface area contributed by atoms with Gasteiger partial charge in [0.05, 0.1) is 37.5 Å². The van der Waals surface area contributed by atoms with E-state index >= 15 is 0 Å². The molecular formula is C7H15NO5. The zero-order valence-electron chi connectivity index (χ0n) is 7.04. The average Bonchev–Trinajstić information content (AvgIpc) is 2.15. The first kappa shape index (κ1) is 10.8. The number of hydrogen-bond acceptors (Lipinski definition) is 6. The quantitative estimate of drug-likeness (QED) is 0.270. The Bertz CT molecular complexity index is 147. The highest BCUT2D eigenvalue weighted by molar-refractivity contribution is 4.97. The van der Waals surface area contributed by atoms with E-state index in [4.69, 9.17) is 10.2 Å². The average molecular weight is 193 g/mol. The van der Waals surface area contributed by atoms with Crippen molar-refractivity contribution in [3.63, 3.8) is 0 Å². The van der Waals surface area contributed by atoms with Gasteiger partial charge in [-0.15, -0.1) is 0 Å². The normalized spacial score (nSPS) is 46.4. The van der Waals surface area contributed by atoms with Crippen molar-refractivity contribution < 1.29 is 25.5 Å². The van der Waals surface area contributed by atoms with Crippen LogP contribution in [-0.4, -0.2) is 69.1 Å². The molecule has 13 heavy (non-hydrogen) atoms. The lowest BCUT2D eigenvalue weighted by Gasteiger charge is -2.40. The molecule has 0 aromatic heterocycles. The zero-order chi connectivity index (χ0) is 10.0. The predicted octanol–water partition coefficient (Wildman–Crippen LogP) is -3.61. The van der Waals surface area contributed by atoms with Gasteiger partial charge in [0, 0.05) is 0 Å². The minimum absolute atomic E-state index is 0.360. The fraction of sp³-hybridized carbons (Fsp3) is 1.00. The molecule has 5 atom stereocenters. The maximum absolute atomic E-state index is 9.31. The summed E-state index contributed by atoms with van der Waals surface area (Å²) in [6, 6.07) is -1.42. The number of nitrogens with one attached hydrogen (secondary N) is 1. The Labute approximate surface area is 75.4 Å². The van der Waals surface area contributed by atoms with E-state index < -0.39 is 30.4 Å². The first-order valence-corrected chi connectivity index (χ1v) is 4.13. The van der Waals surface area contributed by atoms with Crippen LogP contribution in [0.25, 0.3) is 0 Å². The van der Waals surface area contributed by atoms with E-state index in [0.29, 0.717) is 0 Å². The summed E-state index contributed by atoms with van der Waals surface area (Å²) in [5.41, 5.74) is 0. The maximum Gasteiger partial charge on any atom is 0.109 e. The van der Waals surface area contributed by atoms with E-state index in [2.05, 4.69) is 5.32 Å². The molecule has 1 fully saturated rings. The van der Waals surface area contributed by atoms with Crippen molar-refractivity contribution in [2.75, 3.05) is 13.2 Å². The standard InChI is InChI=1S/C7H15NO5/c9-1-3-5(11)7(13)6(12)4(2-10)8-3/h3-13H,1-2H2/t3-,4+,5+,6-,7?. The lowest BCUT2D eigenvalue weighted by molar-refractivity contribution is -0.125. The number of aliphatic hydroxyl groups is 5. The van der Waals surface area contributed by atoms with Crippen molar-refractivity contribution in [3.8, 4) is 0 Å². The third-order valence-electron chi connectivity index (χ3n) is 2.35. The summed E-state index contributed by atoms with van der Waals surface area (Å²) in [6.45, 7) is -0.719. The van der Waals surface area contributed by atoms with Crippen LogP contribution in [0.2, 0.25) is 0 Å². The monoisotopic (exact) mass is 193 g/mol. The first-order chi connectivity index (χ1) is 6.11. The van der Waals surface area contributed by atoms with Crippen LogP contribution in [0, 0.1) is 0 Å². The van der Waals surface area contributed by atoms with Gasteiger partial charge in [-0.25, -0.2) is 0 Å². The minimum atomic E-state index is -1.34. The van der Waals surface area contributed by atoms with Crippen molar-refractivity contribution in [1.82, 2.24) is 5.32 Å². The van der Waals surface area contributed by atoms with Crippen LogP contribution in [0.3, 0.4) is 0 Å². The molecule has 1 rings (SSSR count). The Morgan fingerprint density at radius 1 is 0.769 bits per heavy atom. The molecular weight excluding hydrogens is 178 g/mol. The molecule has 0 aliphatic carbocycles. The third kappa shape index (κ3) is 1.98. The van der Waals surface area contributed by atoms with Crippen molar-refractivity contribution in [3.05, 3.63) is 0 Å². The second kappa shape index (κ2) is 4.32. The van der Waals surface area contributed by atoms with E-state index in [1.165, 1.54) is 0 Å². The zero-order valence-corrected chi connectivity index (χ0v) is 7.04. The number of piperidine rings is 1. The molecule has 1 heterocycles. The van der Waals surface area contributed by atoms with Crippen molar-refractivity contribution in [2.24, 2.45) is 0 Å². The van der Waals surface area contributed by atoms with E-state index in [9.17, 15) is 15.3 Å². The van der Waals surface area contributed by atoms with Crippen LogP contribution in [0.4, 0.5) is 0 Å². The molecule has 78 valence electrons. The Balaban J connectivity index is 2.66. The van der Waals surface area contributed by atoms with E-state index in [1.807, 2.05) is 0 Å². The van der Waals surface area contributed by atoms with Crippen LogP contribution >= 0.6 is 0 Å². The van der Waals surface area contributed by atoms with Crippen molar-refractivity contribution in [2.45, 2.75) is 30.4 Å². The lowest BCUT2D eigenvalue weighted by atomic mass is 9.91. The minimum Gasteiger partial charge on any atom is -0.395 e. The van der Waals surface area contributed by atoms with Crippen LogP contribution < -0.4 is 5.32 Å². The molecule has 6 nitrogen and oxygen atoms in total. The third-order valence-corrected chi connectivity index (χ3v) is 2.35. The molecule has 6 heteroatoms. The smallest absolute Gasteiger partial charge is 0.109 e. The highest BCUT2D eigenvalue weighted by Gasteiger charge is 2.41. The summed E-state index contributed by atoms with van der Waals surface area (Å²) < 4.78 is 0. The highest BCUT2D eigenvalue weighted by atomic mass is 16.4. The van der Waals surface area contributed by atoms with Crippen molar-refractivity contribution >= 4 is 0 Å². The van der Waals surface area contributed by atoms with Gasteiger partial charge >= 0.3 is 0 Å². The van der Waals surface area contributed by atoms with E-state index in [0.717, 1.165) is 0 Å². The molecule has 1 unspecified atom stereocenters. The molecule has 1 aliphatic rings. The second-order valence-electron chi connectivity index (χ2n) is 3.22. The van der Waals surface area contributed by atoms with Crippen molar-refractivity contribution in [1.29, 1.82) is 0 Å². The Morgan fingerprint density at radius 2 is 1.15 bits per heavy atom. The molecule has 0 saturated carbocycles. The number of hydrogen-bond donors (Lipinski definition) is 6. The van der Waals surface area contributed by atoms with Gasteiger partial charge in [-0.3, -0.25) is 0 Å². The molecule has 1 aliphatic heterocycles. The summed E-state index contributed by atoms with van der Waals surface area (Å²) >= 11 is 0. The van der Waals surface area contributed by atoms with Gasteiger partial charge in [0.15, 0.2) is 0 Å². The summed E-state index contributed by atoms with van der Waals surface area (Å²) in [4.78, 5) is 0. The van der Waals surface area contributed by atoms with E-state index in [1.54, 1.807) is 0 Å². The SMILES string of the molecule is OC[C@@H]1N[C@H](CO)[C@H](O)C(O)[C@@H]1O. The summed E-state index contributed by atoms with van der Waals surface area (Å²) in [5.74, 6) is 0. The first-order valence-electron chi connectivity index (χ1n) is 4.13.